The van der Waals surface area contributed by atoms with E-state index in [1.165, 1.54) is 0 Å². The first-order valence-electron chi connectivity index (χ1n) is 6.96. The monoisotopic (exact) mass is 286 g/mol. The van der Waals surface area contributed by atoms with Crippen LogP contribution in [0, 0.1) is 5.92 Å². The van der Waals surface area contributed by atoms with Gasteiger partial charge in [-0.05, 0) is 13.3 Å². The summed E-state index contributed by atoms with van der Waals surface area (Å²) in [6.07, 6.45) is 1.57. The summed E-state index contributed by atoms with van der Waals surface area (Å²) >= 11 is 0. The number of rotatable bonds is 7. The summed E-state index contributed by atoms with van der Waals surface area (Å²) in [5.74, 6) is -3.14. The summed E-state index contributed by atoms with van der Waals surface area (Å²) in [7, 11) is 0. The van der Waals surface area contributed by atoms with E-state index in [1.54, 1.807) is 6.92 Å². The van der Waals surface area contributed by atoms with Gasteiger partial charge in [0.25, 0.3) is 5.97 Å². The Balaban J connectivity index is 2.14. The van der Waals surface area contributed by atoms with Crippen LogP contribution in [0.2, 0.25) is 0 Å². The lowest BCUT2D eigenvalue weighted by Gasteiger charge is -2.49. The second-order valence-corrected chi connectivity index (χ2v) is 5.29. The molecule has 3 unspecified atom stereocenters. The number of aliphatic hydroxyl groups is 1. The van der Waals surface area contributed by atoms with E-state index in [9.17, 15) is 9.90 Å². The summed E-state index contributed by atoms with van der Waals surface area (Å²) in [6.45, 7) is 8.83. The molecule has 0 amide bonds. The maximum absolute atomic E-state index is 11.5. The highest BCUT2D eigenvalue weighted by Crippen LogP contribution is 2.57. The molecular weight excluding hydrogens is 264 g/mol. The second-order valence-electron chi connectivity index (χ2n) is 5.29. The lowest BCUT2D eigenvalue weighted by Crippen LogP contribution is -2.66. The standard InChI is InChI=1S/C14H22O6/c1-5-7-11(17-12(16)6-2)13-10(4)18-14(19-13,20-13)9(3)8-15/h6,9-11,15H,2,5,7-8H2,1,3-4H3. The summed E-state index contributed by atoms with van der Waals surface area (Å²) in [4.78, 5) is 11.5. The third-order valence-electron chi connectivity index (χ3n) is 3.81. The van der Waals surface area contributed by atoms with Gasteiger partial charge in [-0.25, -0.2) is 4.79 Å². The summed E-state index contributed by atoms with van der Waals surface area (Å²) in [6, 6.07) is 0. The Morgan fingerprint density at radius 1 is 1.55 bits per heavy atom. The van der Waals surface area contributed by atoms with E-state index in [0.717, 1.165) is 12.5 Å². The number of carbonyl (C=O) groups is 1. The molecule has 20 heavy (non-hydrogen) atoms. The molecule has 0 saturated carbocycles. The fraction of sp³-hybridized carbons (Fsp3) is 0.786. The summed E-state index contributed by atoms with van der Waals surface area (Å²) < 4.78 is 22.7. The van der Waals surface area contributed by atoms with Gasteiger partial charge in [0, 0.05) is 6.08 Å². The minimum absolute atomic E-state index is 0.117. The van der Waals surface area contributed by atoms with Crippen molar-refractivity contribution in [3.63, 3.8) is 0 Å². The molecule has 3 heterocycles. The fourth-order valence-electron chi connectivity index (χ4n) is 2.61. The van der Waals surface area contributed by atoms with E-state index in [4.69, 9.17) is 18.9 Å². The average Bonchev–Trinajstić information content (AvgIpc) is 2.85. The molecule has 0 radical (unpaired) electrons. The van der Waals surface area contributed by atoms with Crippen molar-refractivity contribution in [2.45, 2.75) is 57.6 Å². The number of aliphatic hydroxyl groups excluding tert-OH is 1. The maximum Gasteiger partial charge on any atom is 0.330 e. The molecule has 3 rings (SSSR count). The third-order valence-corrected chi connectivity index (χ3v) is 3.81. The molecule has 3 saturated heterocycles. The highest BCUT2D eigenvalue weighted by Gasteiger charge is 2.75. The number of hydrogen-bond donors (Lipinski definition) is 1. The van der Waals surface area contributed by atoms with Crippen LogP contribution in [0.3, 0.4) is 0 Å². The van der Waals surface area contributed by atoms with Crippen LogP contribution in [-0.4, -0.2) is 41.7 Å². The smallest absolute Gasteiger partial charge is 0.330 e. The van der Waals surface area contributed by atoms with Crippen molar-refractivity contribution >= 4 is 5.97 Å². The van der Waals surface area contributed by atoms with Crippen LogP contribution in [0.4, 0.5) is 0 Å². The molecule has 0 aliphatic carbocycles. The molecule has 6 nitrogen and oxygen atoms in total. The number of esters is 1. The zero-order valence-corrected chi connectivity index (χ0v) is 12.1. The molecule has 1 N–H and O–H groups in total. The number of fused-ring (bicyclic) bond motifs is 1. The largest absolute Gasteiger partial charge is 0.453 e. The van der Waals surface area contributed by atoms with Gasteiger partial charge < -0.3 is 14.6 Å². The maximum atomic E-state index is 11.5. The van der Waals surface area contributed by atoms with Crippen LogP contribution in [-0.2, 0) is 23.7 Å². The minimum Gasteiger partial charge on any atom is -0.453 e. The molecule has 0 aromatic rings. The number of hydrogen-bond acceptors (Lipinski definition) is 6. The highest BCUT2D eigenvalue weighted by molar-refractivity contribution is 5.81. The van der Waals surface area contributed by atoms with Gasteiger partial charge in [-0.3, -0.25) is 9.47 Å². The van der Waals surface area contributed by atoms with Gasteiger partial charge >= 0.3 is 5.97 Å². The van der Waals surface area contributed by atoms with E-state index in [-0.39, 0.29) is 18.6 Å². The van der Waals surface area contributed by atoms with Gasteiger partial charge in [-0.2, -0.15) is 0 Å². The van der Waals surface area contributed by atoms with Gasteiger partial charge in [-0.1, -0.05) is 26.8 Å². The zero-order chi connectivity index (χ0) is 15.0. The van der Waals surface area contributed by atoms with Crippen molar-refractivity contribution in [1.29, 1.82) is 0 Å². The van der Waals surface area contributed by atoms with Crippen molar-refractivity contribution in [3.05, 3.63) is 12.7 Å². The van der Waals surface area contributed by atoms with Crippen molar-refractivity contribution in [2.75, 3.05) is 6.61 Å². The Kier molecular flexibility index (Phi) is 4.20. The third kappa shape index (κ3) is 2.16. The van der Waals surface area contributed by atoms with Gasteiger partial charge in [-0.15, -0.1) is 0 Å². The van der Waals surface area contributed by atoms with Gasteiger partial charge in [0.2, 0.25) is 5.79 Å². The molecule has 0 aromatic carbocycles. The normalized spacial score (nSPS) is 37.9. The van der Waals surface area contributed by atoms with Crippen LogP contribution in [0.15, 0.2) is 12.7 Å². The predicted molar refractivity (Wildman–Crippen MR) is 69.4 cm³/mol. The second kappa shape index (κ2) is 5.44. The van der Waals surface area contributed by atoms with Crippen LogP contribution in [0.1, 0.15) is 33.6 Å². The molecule has 3 aliphatic heterocycles. The lowest BCUT2D eigenvalue weighted by atomic mass is 9.98. The van der Waals surface area contributed by atoms with E-state index >= 15 is 0 Å². The first-order chi connectivity index (χ1) is 9.44. The molecule has 0 spiro atoms. The minimum atomic E-state index is -1.22. The lowest BCUT2D eigenvalue weighted by molar-refractivity contribution is -0.537. The summed E-state index contributed by atoms with van der Waals surface area (Å²) in [5.41, 5.74) is 0. The van der Waals surface area contributed by atoms with Gasteiger partial charge in [0.15, 0.2) is 6.10 Å². The van der Waals surface area contributed by atoms with Crippen LogP contribution >= 0.6 is 0 Å². The number of carbonyl (C=O) groups excluding carboxylic acids is 1. The fourth-order valence-corrected chi connectivity index (χ4v) is 2.61. The van der Waals surface area contributed by atoms with Gasteiger partial charge in [0.05, 0.1) is 12.5 Å². The molecule has 3 fully saturated rings. The van der Waals surface area contributed by atoms with E-state index in [0.29, 0.717) is 6.42 Å². The number of ether oxygens (including phenoxy) is 4. The van der Waals surface area contributed by atoms with Crippen LogP contribution in [0.25, 0.3) is 0 Å². The van der Waals surface area contributed by atoms with E-state index in [1.807, 2.05) is 13.8 Å². The van der Waals surface area contributed by atoms with Crippen LogP contribution in [0.5, 0.6) is 0 Å². The molecule has 0 aromatic heterocycles. The Hall–Kier alpha value is -0.950. The first kappa shape index (κ1) is 15.4. The molecule has 114 valence electrons. The highest BCUT2D eigenvalue weighted by atomic mass is 17.1. The van der Waals surface area contributed by atoms with Gasteiger partial charge in [0.1, 0.15) is 6.10 Å². The quantitative estimate of drug-likeness (QED) is 0.562. The topological polar surface area (TPSA) is 74.2 Å². The Morgan fingerprint density at radius 2 is 2.20 bits per heavy atom. The van der Waals surface area contributed by atoms with Crippen LogP contribution < -0.4 is 0 Å². The van der Waals surface area contributed by atoms with Crippen molar-refractivity contribution in [1.82, 2.24) is 0 Å². The van der Waals surface area contributed by atoms with Crippen molar-refractivity contribution in [2.24, 2.45) is 5.92 Å². The molecule has 3 aliphatic rings. The summed E-state index contributed by atoms with van der Waals surface area (Å²) in [5, 5.41) is 9.24. The molecule has 2 bridgehead atoms. The zero-order valence-electron chi connectivity index (χ0n) is 12.1. The van der Waals surface area contributed by atoms with Crippen molar-refractivity contribution in [3.8, 4) is 0 Å². The Bertz CT molecular complexity index is 387. The predicted octanol–water partition coefficient (Wildman–Crippen LogP) is 1.33. The SMILES string of the molecule is C=CC(=O)OC(CCC)C12OC(C(C)CO)(OC1C)O2. The van der Waals surface area contributed by atoms with E-state index in [2.05, 4.69) is 6.58 Å². The van der Waals surface area contributed by atoms with E-state index < -0.39 is 23.8 Å². The first-order valence-corrected chi connectivity index (χ1v) is 6.96. The molecular formula is C14H22O6. The molecule has 6 heteroatoms. The Labute approximate surface area is 118 Å². The Morgan fingerprint density at radius 3 is 2.70 bits per heavy atom. The molecule has 3 atom stereocenters. The average molecular weight is 286 g/mol. The van der Waals surface area contributed by atoms with Crippen molar-refractivity contribution < 1.29 is 28.8 Å².